The van der Waals surface area contributed by atoms with Crippen LogP contribution in [0.4, 0.5) is 0 Å². The molecule has 1 saturated carbocycles. The Labute approximate surface area is 105 Å². The van der Waals surface area contributed by atoms with Crippen LogP contribution in [0, 0.1) is 11.3 Å². The molecule has 0 radical (unpaired) electrons. The molecule has 1 atom stereocenters. The Morgan fingerprint density at radius 3 is 2.41 bits per heavy atom. The Bertz CT molecular complexity index is 245. The lowest BCUT2D eigenvalue weighted by Crippen LogP contribution is -2.42. The number of hydrogen-bond acceptors (Lipinski definition) is 2. The molecule has 100 valence electrons. The molecule has 0 heterocycles. The van der Waals surface area contributed by atoms with Gasteiger partial charge in [0.25, 0.3) is 0 Å². The number of carbonyl (C=O) groups excluding carboxylic acids is 1. The van der Waals surface area contributed by atoms with E-state index in [9.17, 15) is 9.90 Å². The largest absolute Gasteiger partial charge is 0.391 e. The van der Waals surface area contributed by atoms with Crippen molar-refractivity contribution >= 4 is 5.91 Å². The normalized spacial score (nSPS) is 20.5. The van der Waals surface area contributed by atoms with Crippen molar-refractivity contribution in [1.29, 1.82) is 0 Å². The van der Waals surface area contributed by atoms with Crippen molar-refractivity contribution in [3.8, 4) is 0 Å². The van der Waals surface area contributed by atoms with Crippen molar-refractivity contribution in [2.24, 2.45) is 11.3 Å². The molecule has 0 spiro atoms. The molecule has 3 heteroatoms. The SMILES string of the molecule is CCC1(C(=O)NCC(O)CC(C)C)CCCC1. The summed E-state index contributed by atoms with van der Waals surface area (Å²) in [6, 6.07) is 0. The van der Waals surface area contributed by atoms with E-state index in [2.05, 4.69) is 26.1 Å². The summed E-state index contributed by atoms with van der Waals surface area (Å²) < 4.78 is 0. The standard InChI is InChI=1S/C14H27NO2/c1-4-14(7-5-6-8-14)13(17)15-10-12(16)9-11(2)3/h11-12,16H,4-10H2,1-3H3,(H,15,17). The molecule has 3 nitrogen and oxygen atoms in total. The summed E-state index contributed by atoms with van der Waals surface area (Å²) in [6.07, 6.45) is 5.60. The molecule has 0 aromatic rings. The second kappa shape index (κ2) is 6.39. The summed E-state index contributed by atoms with van der Waals surface area (Å²) in [7, 11) is 0. The quantitative estimate of drug-likeness (QED) is 0.750. The fourth-order valence-corrected chi connectivity index (χ4v) is 2.82. The lowest BCUT2D eigenvalue weighted by molar-refractivity contribution is -0.131. The van der Waals surface area contributed by atoms with E-state index in [0.29, 0.717) is 12.5 Å². The minimum absolute atomic E-state index is 0.141. The molecule has 2 N–H and O–H groups in total. The van der Waals surface area contributed by atoms with Crippen molar-refractivity contribution in [1.82, 2.24) is 5.32 Å². The summed E-state index contributed by atoms with van der Waals surface area (Å²) >= 11 is 0. The number of carbonyl (C=O) groups is 1. The average molecular weight is 241 g/mol. The lowest BCUT2D eigenvalue weighted by atomic mass is 9.82. The number of rotatable bonds is 6. The van der Waals surface area contributed by atoms with Gasteiger partial charge in [-0.05, 0) is 31.6 Å². The van der Waals surface area contributed by atoms with Gasteiger partial charge in [0, 0.05) is 12.0 Å². The second-order valence-electron chi connectivity index (χ2n) is 5.83. The van der Waals surface area contributed by atoms with Crippen LogP contribution in [-0.4, -0.2) is 23.7 Å². The maximum atomic E-state index is 12.2. The van der Waals surface area contributed by atoms with Crippen molar-refractivity contribution in [2.75, 3.05) is 6.54 Å². The first-order valence-corrected chi connectivity index (χ1v) is 6.96. The van der Waals surface area contributed by atoms with Crippen LogP contribution < -0.4 is 5.32 Å². The summed E-state index contributed by atoms with van der Waals surface area (Å²) in [5, 5.41) is 12.7. The third-order valence-corrected chi connectivity index (χ3v) is 3.96. The molecule has 0 aromatic heterocycles. The van der Waals surface area contributed by atoms with Crippen LogP contribution in [0.2, 0.25) is 0 Å². The first kappa shape index (κ1) is 14.5. The van der Waals surface area contributed by atoms with Crippen molar-refractivity contribution in [3.63, 3.8) is 0 Å². The van der Waals surface area contributed by atoms with Gasteiger partial charge in [0.2, 0.25) is 5.91 Å². The second-order valence-corrected chi connectivity index (χ2v) is 5.83. The Morgan fingerprint density at radius 1 is 1.35 bits per heavy atom. The van der Waals surface area contributed by atoms with Gasteiger partial charge in [-0.25, -0.2) is 0 Å². The molecule has 1 aliphatic rings. The zero-order valence-corrected chi connectivity index (χ0v) is 11.5. The number of aliphatic hydroxyl groups excluding tert-OH is 1. The van der Waals surface area contributed by atoms with Crippen LogP contribution in [0.5, 0.6) is 0 Å². The monoisotopic (exact) mass is 241 g/mol. The number of hydrogen-bond donors (Lipinski definition) is 2. The van der Waals surface area contributed by atoms with Gasteiger partial charge >= 0.3 is 0 Å². The van der Waals surface area contributed by atoms with Crippen LogP contribution in [0.1, 0.15) is 59.3 Å². The molecular formula is C14H27NO2. The minimum Gasteiger partial charge on any atom is -0.391 e. The predicted molar refractivity (Wildman–Crippen MR) is 69.7 cm³/mol. The highest BCUT2D eigenvalue weighted by molar-refractivity contribution is 5.82. The molecular weight excluding hydrogens is 214 g/mol. The molecule has 0 bridgehead atoms. The Morgan fingerprint density at radius 2 is 1.94 bits per heavy atom. The molecule has 0 saturated heterocycles. The minimum atomic E-state index is -0.408. The van der Waals surface area contributed by atoms with Crippen LogP contribution in [0.25, 0.3) is 0 Å². The van der Waals surface area contributed by atoms with Crippen LogP contribution >= 0.6 is 0 Å². The topological polar surface area (TPSA) is 49.3 Å². The van der Waals surface area contributed by atoms with Gasteiger partial charge < -0.3 is 10.4 Å². The zero-order valence-electron chi connectivity index (χ0n) is 11.5. The molecule has 0 aliphatic heterocycles. The van der Waals surface area contributed by atoms with Gasteiger partial charge in [-0.1, -0.05) is 33.6 Å². The third kappa shape index (κ3) is 3.98. The molecule has 1 fully saturated rings. The maximum absolute atomic E-state index is 12.2. The molecule has 1 amide bonds. The summed E-state index contributed by atoms with van der Waals surface area (Å²) in [6.45, 7) is 6.65. The van der Waals surface area contributed by atoms with Crippen molar-refractivity contribution in [2.45, 2.75) is 65.4 Å². The predicted octanol–water partition coefficient (Wildman–Crippen LogP) is 2.48. The summed E-state index contributed by atoms with van der Waals surface area (Å²) in [5.41, 5.74) is -0.141. The van der Waals surface area contributed by atoms with E-state index in [1.165, 1.54) is 0 Å². The van der Waals surface area contributed by atoms with E-state index in [4.69, 9.17) is 0 Å². The highest BCUT2D eigenvalue weighted by atomic mass is 16.3. The summed E-state index contributed by atoms with van der Waals surface area (Å²) in [5.74, 6) is 0.619. The fraction of sp³-hybridized carbons (Fsp3) is 0.929. The van der Waals surface area contributed by atoms with Gasteiger partial charge in [-0.3, -0.25) is 4.79 Å². The first-order valence-electron chi connectivity index (χ1n) is 6.96. The maximum Gasteiger partial charge on any atom is 0.226 e. The third-order valence-electron chi connectivity index (χ3n) is 3.96. The van der Waals surface area contributed by atoms with Crippen LogP contribution in [0.15, 0.2) is 0 Å². The Hall–Kier alpha value is -0.570. The number of nitrogens with one attached hydrogen (secondary N) is 1. The van der Waals surface area contributed by atoms with Gasteiger partial charge in [-0.2, -0.15) is 0 Å². The van der Waals surface area contributed by atoms with Crippen LogP contribution in [0.3, 0.4) is 0 Å². The fourth-order valence-electron chi connectivity index (χ4n) is 2.82. The van der Waals surface area contributed by atoms with Gasteiger partial charge in [-0.15, -0.1) is 0 Å². The number of amides is 1. The number of aliphatic hydroxyl groups is 1. The van der Waals surface area contributed by atoms with E-state index >= 15 is 0 Å². The van der Waals surface area contributed by atoms with E-state index in [1.807, 2.05) is 0 Å². The smallest absolute Gasteiger partial charge is 0.226 e. The molecule has 0 aromatic carbocycles. The van der Waals surface area contributed by atoms with Gasteiger partial charge in [0.1, 0.15) is 0 Å². The van der Waals surface area contributed by atoms with Crippen molar-refractivity contribution in [3.05, 3.63) is 0 Å². The highest BCUT2D eigenvalue weighted by Gasteiger charge is 2.39. The van der Waals surface area contributed by atoms with Gasteiger partial charge in [0.15, 0.2) is 0 Å². The molecule has 1 unspecified atom stereocenters. The summed E-state index contributed by atoms with van der Waals surface area (Å²) in [4.78, 5) is 12.2. The Kier molecular flexibility index (Phi) is 5.44. The van der Waals surface area contributed by atoms with E-state index in [-0.39, 0.29) is 11.3 Å². The molecule has 1 aliphatic carbocycles. The van der Waals surface area contributed by atoms with Gasteiger partial charge in [0.05, 0.1) is 6.10 Å². The zero-order chi connectivity index (χ0) is 12.9. The molecule has 1 rings (SSSR count). The lowest BCUT2D eigenvalue weighted by Gasteiger charge is -2.26. The van der Waals surface area contributed by atoms with Crippen LogP contribution in [-0.2, 0) is 4.79 Å². The average Bonchev–Trinajstić information content (AvgIpc) is 2.74. The first-order chi connectivity index (χ1) is 8.00. The van der Waals surface area contributed by atoms with Crippen molar-refractivity contribution < 1.29 is 9.90 Å². The van der Waals surface area contributed by atoms with E-state index < -0.39 is 6.10 Å². The molecule has 17 heavy (non-hydrogen) atoms. The highest BCUT2D eigenvalue weighted by Crippen LogP contribution is 2.41. The Balaban J connectivity index is 2.38. The van der Waals surface area contributed by atoms with E-state index in [1.54, 1.807) is 0 Å². The van der Waals surface area contributed by atoms with E-state index in [0.717, 1.165) is 38.5 Å².